The van der Waals surface area contributed by atoms with Crippen molar-refractivity contribution in [2.45, 2.75) is 192 Å². The summed E-state index contributed by atoms with van der Waals surface area (Å²) in [5.74, 6) is 9.56. The molecule has 6 heteroatoms. The van der Waals surface area contributed by atoms with E-state index >= 15 is 0 Å². The monoisotopic (exact) mass is 1170 g/mol. The van der Waals surface area contributed by atoms with Crippen molar-refractivity contribution >= 4 is 0 Å². The number of hydrogen-bond acceptors (Lipinski definition) is 6. The fourth-order valence-electron chi connectivity index (χ4n) is 18.6. The Morgan fingerprint density at radius 1 is 0.333 bits per heavy atom. The lowest BCUT2D eigenvalue weighted by atomic mass is 9.54. The minimum absolute atomic E-state index is 0.0352. The van der Waals surface area contributed by atoms with Crippen molar-refractivity contribution in [1.29, 1.82) is 0 Å². The van der Waals surface area contributed by atoms with Crippen LogP contribution in [0.25, 0.3) is 0 Å². The molecule has 8 unspecified atom stereocenters. The molecule has 6 nitrogen and oxygen atoms in total. The first kappa shape index (κ1) is 63.4. The maximum Gasteiger partial charge on any atom is 0.115 e. The largest absolute Gasteiger partial charge is 0.508 e. The quantitative estimate of drug-likeness (QED) is 0.0767. The molecule has 0 bridgehead atoms. The predicted octanol–water partition coefficient (Wildman–Crippen LogP) is 20.8. The van der Waals surface area contributed by atoms with Gasteiger partial charge in [-0.25, -0.2) is 0 Å². The van der Waals surface area contributed by atoms with Gasteiger partial charge >= 0.3 is 0 Å². The van der Waals surface area contributed by atoms with Crippen molar-refractivity contribution < 1.29 is 30.6 Å². The van der Waals surface area contributed by atoms with Crippen molar-refractivity contribution in [2.75, 3.05) is 0 Å². The van der Waals surface area contributed by atoms with Crippen molar-refractivity contribution in [3.63, 3.8) is 0 Å². The molecule has 0 amide bonds. The van der Waals surface area contributed by atoms with Crippen molar-refractivity contribution in [1.82, 2.24) is 0 Å². The normalized spacial score (nSPS) is 25.3. The van der Waals surface area contributed by atoms with E-state index in [-0.39, 0.29) is 16.2 Å². The fraction of sp³-hybridized carbons (Fsp3) is 0.481. The zero-order valence-corrected chi connectivity index (χ0v) is 53.4. The summed E-state index contributed by atoms with van der Waals surface area (Å²) in [5.41, 5.74) is 10.4. The van der Waals surface area contributed by atoms with Gasteiger partial charge in [0.1, 0.15) is 34.5 Å². The predicted molar refractivity (Wildman–Crippen MR) is 357 cm³/mol. The Labute approximate surface area is 522 Å². The topological polar surface area (TPSA) is 121 Å². The Bertz CT molecular complexity index is 3110. The molecule has 5 aliphatic carbocycles. The first-order chi connectivity index (χ1) is 41.9. The number of hydrogen-bond donors (Lipinski definition) is 6. The summed E-state index contributed by atoms with van der Waals surface area (Å²) in [7, 11) is 0. The molecular weight excluding hydrogens is 1070 g/mol. The minimum atomic E-state index is -0.120. The molecule has 0 saturated heterocycles. The molecule has 5 aliphatic rings. The number of aromatic hydroxyl groups is 6. The van der Waals surface area contributed by atoms with E-state index in [1.165, 1.54) is 128 Å². The third-order valence-electron chi connectivity index (χ3n) is 23.2. The van der Waals surface area contributed by atoms with Gasteiger partial charge in [0.15, 0.2) is 0 Å². The van der Waals surface area contributed by atoms with Crippen LogP contribution in [0.2, 0.25) is 0 Å². The molecule has 462 valence electrons. The number of phenolic OH excluding ortho intramolecular Hbond substituents is 6. The summed E-state index contributed by atoms with van der Waals surface area (Å²) in [6.07, 6.45) is 23.3. The van der Waals surface area contributed by atoms with Gasteiger partial charge < -0.3 is 30.6 Å². The molecule has 0 radical (unpaired) electrons. The lowest BCUT2D eigenvalue weighted by molar-refractivity contribution is 0.0611. The van der Waals surface area contributed by atoms with Crippen molar-refractivity contribution in [3.05, 3.63) is 214 Å². The molecule has 0 aromatic heterocycles. The number of rotatable bonds is 11. The van der Waals surface area contributed by atoms with Gasteiger partial charge in [0.05, 0.1) is 0 Å². The molecule has 7 aromatic rings. The lowest BCUT2D eigenvalue weighted by Gasteiger charge is -2.50. The maximum atomic E-state index is 9.87. The zero-order valence-electron chi connectivity index (χ0n) is 53.4. The summed E-state index contributed by atoms with van der Waals surface area (Å²) >= 11 is 0. The third kappa shape index (κ3) is 13.5. The van der Waals surface area contributed by atoms with Gasteiger partial charge in [-0.3, -0.25) is 0 Å². The molecule has 0 spiro atoms. The molecule has 6 N–H and O–H groups in total. The Morgan fingerprint density at radius 3 is 1.03 bits per heavy atom. The highest BCUT2D eigenvalue weighted by Crippen LogP contribution is 2.57. The third-order valence-corrected chi connectivity index (χ3v) is 23.2. The highest BCUT2D eigenvalue weighted by Gasteiger charge is 2.49. The second kappa shape index (κ2) is 27.8. The minimum Gasteiger partial charge on any atom is -0.508 e. The Balaban J connectivity index is 0.000000145. The van der Waals surface area contributed by atoms with E-state index in [4.69, 9.17) is 0 Å². The summed E-state index contributed by atoms with van der Waals surface area (Å²) in [4.78, 5) is 0. The van der Waals surface area contributed by atoms with Crippen LogP contribution in [0.4, 0.5) is 0 Å². The van der Waals surface area contributed by atoms with E-state index in [0.29, 0.717) is 64.1 Å². The molecule has 0 heterocycles. The van der Waals surface area contributed by atoms with Gasteiger partial charge in [0.2, 0.25) is 0 Å². The van der Waals surface area contributed by atoms with Crippen LogP contribution in [0.15, 0.2) is 170 Å². The molecule has 12 rings (SSSR count). The van der Waals surface area contributed by atoms with Crippen LogP contribution in [0.3, 0.4) is 0 Å². The smallest absolute Gasteiger partial charge is 0.115 e. The van der Waals surface area contributed by atoms with Crippen LogP contribution in [0, 0.1) is 53.3 Å². The van der Waals surface area contributed by atoms with Gasteiger partial charge in [-0.15, -0.1) is 0 Å². The Hall–Kier alpha value is -6.66. The molecule has 0 aliphatic heterocycles. The number of phenols is 6. The zero-order chi connectivity index (χ0) is 61.5. The van der Waals surface area contributed by atoms with Crippen LogP contribution in [0.1, 0.15) is 220 Å². The number of benzene rings is 7. The second-order valence-corrected chi connectivity index (χ2v) is 28.5. The van der Waals surface area contributed by atoms with Crippen molar-refractivity contribution in [2.24, 2.45) is 53.3 Å². The van der Waals surface area contributed by atoms with E-state index < -0.39 is 0 Å². The van der Waals surface area contributed by atoms with Gasteiger partial charge in [-0.1, -0.05) is 190 Å². The summed E-state index contributed by atoms with van der Waals surface area (Å²) < 4.78 is 0. The maximum absolute atomic E-state index is 9.87. The molecule has 5 fully saturated rings. The SMILES string of the molecule is CC(C)C1CCCCC1C1CCC(c2ccc(O)cc2)(c2ccc(O)cc2)C(C)C1.CC(C)c1ccccc1C1CCC(c2ccc(O)cc2)(c2ccc(O)cc2)C(C)C1.CC1CC(C2CCCCC2)CCC1(c1ccc(O)cc1)c1ccc(O)cc1. The van der Waals surface area contributed by atoms with Gasteiger partial charge in [-0.05, 0) is 253 Å². The second-order valence-electron chi connectivity index (χ2n) is 28.5. The first-order valence-electron chi connectivity index (χ1n) is 33.8. The highest BCUT2D eigenvalue weighted by atomic mass is 16.3. The standard InChI is InChI=1S/C28H38O2.C28H32O2.C25H32O2/c2*1-19(2)26-6-4-5-7-27(26)21-16-17-28(20(3)18-21,22-8-12-24(29)13-9-22)23-10-14-25(30)15-11-23;1-18-17-20(19-5-3-2-4-6-19)15-16-25(18,21-7-11-23(26)12-8-21)22-9-13-24(27)14-10-22/h8-15,19-21,26-27,29-30H,4-7,16-18H2,1-3H3;4-15,19-21,29-30H,16-18H2,1-3H3;7-14,18-20,26-27H,2-6,15-17H2,1H3. The first-order valence-corrected chi connectivity index (χ1v) is 33.8. The molecule has 87 heavy (non-hydrogen) atoms. The Morgan fingerprint density at radius 2 is 0.667 bits per heavy atom. The molecule has 5 saturated carbocycles. The Kier molecular flexibility index (Phi) is 20.2. The average molecular weight is 1170 g/mol. The van der Waals surface area contributed by atoms with Crippen LogP contribution in [-0.2, 0) is 16.2 Å². The van der Waals surface area contributed by atoms with E-state index in [9.17, 15) is 30.6 Å². The summed E-state index contributed by atoms with van der Waals surface area (Å²) in [5, 5.41) is 59.0. The molecule has 7 aromatic carbocycles. The average Bonchev–Trinajstić information content (AvgIpc) is 2.42. The molecule has 8 atom stereocenters. The van der Waals surface area contributed by atoms with Crippen LogP contribution in [-0.4, -0.2) is 30.6 Å². The summed E-state index contributed by atoms with van der Waals surface area (Å²) in [6.45, 7) is 16.6. The van der Waals surface area contributed by atoms with Crippen LogP contribution >= 0.6 is 0 Å². The van der Waals surface area contributed by atoms with E-state index in [1.807, 2.05) is 48.5 Å². The van der Waals surface area contributed by atoms with E-state index in [2.05, 4.69) is 146 Å². The fourth-order valence-corrected chi connectivity index (χ4v) is 18.6. The van der Waals surface area contributed by atoms with Gasteiger partial charge in [0, 0.05) is 16.2 Å². The lowest BCUT2D eigenvalue weighted by Crippen LogP contribution is -2.43. The van der Waals surface area contributed by atoms with Gasteiger partial charge in [-0.2, -0.15) is 0 Å². The van der Waals surface area contributed by atoms with Gasteiger partial charge in [0.25, 0.3) is 0 Å². The van der Waals surface area contributed by atoms with Crippen LogP contribution in [0.5, 0.6) is 34.5 Å². The van der Waals surface area contributed by atoms with Crippen LogP contribution < -0.4 is 0 Å². The van der Waals surface area contributed by atoms with E-state index in [1.54, 1.807) is 24.3 Å². The molecular formula is C81H102O6. The van der Waals surface area contributed by atoms with E-state index in [0.717, 1.165) is 67.6 Å². The highest BCUT2D eigenvalue weighted by molar-refractivity contribution is 5.48. The summed E-state index contributed by atoms with van der Waals surface area (Å²) in [6, 6.07) is 55.8. The van der Waals surface area contributed by atoms with Crippen molar-refractivity contribution in [3.8, 4) is 34.5 Å².